The third-order valence-corrected chi connectivity index (χ3v) is 3.95. The number of benzene rings is 1. The summed E-state index contributed by atoms with van der Waals surface area (Å²) in [6, 6.07) is 6.55. The first kappa shape index (κ1) is 15.0. The number of aromatic nitrogens is 2. The molecule has 2 aromatic rings. The molecule has 2 heterocycles. The van der Waals surface area contributed by atoms with Crippen LogP contribution in [-0.4, -0.2) is 38.9 Å². The summed E-state index contributed by atoms with van der Waals surface area (Å²) in [5, 5.41) is 6.94. The van der Waals surface area contributed by atoms with E-state index < -0.39 is 17.7 Å². The lowest BCUT2D eigenvalue weighted by atomic mass is 10.1. The van der Waals surface area contributed by atoms with Gasteiger partial charge in [-0.2, -0.15) is 5.10 Å². The Hall–Kier alpha value is -2.96. The van der Waals surface area contributed by atoms with Gasteiger partial charge in [-0.1, -0.05) is 12.1 Å². The van der Waals surface area contributed by atoms with Crippen LogP contribution in [0.15, 0.2) is 24.3 Å². The van der Waals surface area contributed by atoms with E-state index in [0.717, 1.165) is 10.6 Å². The molecule has 1 aromatic carbocycles. The first-order valence-electron chi connectivity index (χ1n) is 7.15. The number of fused-ring (bicyclic) bond motifs is 1. The Kier molecular flexibility index (Phi) is 3.48. The van der Waals surface area contributed by atoms with Crippen LogP contribution in [0.4, 0.5) is 5.69 Å². The number of carbonyl (C=O) groups is 3. The fraction of sp³-hybridized carbons (Fsp3) is 0.250. The topological polar surface area (TPSA) is 84.3 Å². The number of amides is 3. The average molecular weight is 312 g/mol. The van der Waals surface area contributed by atoms with Gasteiger partial charge in [0.05, 0.1) is 28.2 Å². The Bertz CT molecular complexity index is 803. The van der Waals surface area contributed by atoms with Gasteiger partial charge in [-0.25, -0.2) is 0 Å². The maximum atomic E-state index is 12.2. The van der Waals surface area contributed by atoms with Crippen LogP contribution >= 0.6 is 0 Å². The maximum Gasteiger partial charge on any atom is 0.262 e. The highest BCUT2D eigenvalue weighted by Crippen LogP contribution is 2.23. The van der Waals surface area contributed by atoms with E-state index in [1.54, 1.807) is 42.9 Å². The van der Waals surface area contributed by atoms with E-state index in [4.69, 9.17) is 0 Å². The van der Waals surface area contributed by atoms with Crippen molar-refractivity contribution in [1.82, 2.24) is 14.7 Å². The Morgan fingerprint density at radius 2 is 1.70 bits per heavy atom. The summed E-state index contributed by atoms with van der Waals surface area (Å²) < 4.78 is 1.66. The maximum absolute atomic E-state index is 12.2. The Labute approximate surface area is 132 Å². The zero-order chi connectivity index (χ0) is 16.7. The second-order valence-corrected chi connectivity index (χ2v) is 5.46. The second kappa shape index (κ2) is 5.35. The van der Waals surface area contributed by atoms with E-state index in [-0.39, 0.29) is 6.54 Å². The monoisotopic (exact) mass is 312 g/mol. The molecular weight excluding hydrogens is 296 g/mol. The lowest BCUT2D eigenvalue weighted by Crippen LogP contribution is -2.37. The van der Waals surface area contributed by atoms with Crippen LogP contribution in [0.5, 0.6) is 0 Å². The Morgan fingerprint density at radius 1 is 1.13 bits per heavy atom. The van der Waals surface area contributed by atoms with Crippen molar-refractivity contribution >= 4 is 23.4 Å². The van der Waals surface area contributed by atoms with Crippen molar-refractivity contribution in [2.45, 2.75) is 13.8 Å². The van der Waals surface area contributed by atoms with E-state index in [9.17, 15) is 14.4 Å². The number of nitrogens with zero attached hydrogens (tertiary/aromatic N) is 3. The van der Waals surface area contributed by atoms with Crippen LogP contribution in [0.2, 0.25) is 0 Å². The number of imide groups is 1. The molecular formula is C16H16N4O3. The summed E-state index contributed by atoms with van der Waals surface area (Å²) in [4.78, 5) is 37.7. The standard InChI is InChI=1S/C16H16N4O3/c1-9-14(10(2)19(3)18-9)17-13(21)8-20-15(22)11-6-4-5-7-12(11)16(20)23/h4-7H,8H2,1-3H3,(H,17,21). The third kappa shape index (κ3) is 2.40. The largest absolute Gasteiger partial charge is 0.321 e. The van der Waals surface area contributed by atoms with Gasteiger partial charge in [0.15, 0.2) is 0 Å². The lowest BCUT2D eigenvalue weighted by molar-refractivity contribution is -0.116. The highest BCUT2D eigenvalue weighted by Gasteiger charge is 2.36. The highest BCUT2D eigenvalue weighted by molar-refractivity contribution is 6.22. The van der Waals surface area contributed by atoms with Crippen molar-refractivity contribution in [2.24, 2.45) is 7.05 Å². The minimum Gasteiger partial charge on any atom is -0.321 e. The summed E-state index contributed by atoms with van der Waals surface area (Å²) in [5.74, 6) is -1.32. The molecule has 1 aromatic heterocycles. The van der Waals surface area contributed by atoms with Gasteiger partial charge < -0.3 is 5.32 Å². The summed E-state index contributed by atoms with van der Waals surface area (Å²) in [6.07, 6.45) is 0. The molecule has 118 valence electrons. The van der Waals surface area contributed by atoms with Gasteiger partial charge in [0.25, 0.3) is 11.8 Å². The molecule has 1 N–H and O–H groups in total. The Balaban J connectivity index is 1.77. The van der Waals surface area contributed by atoms with Crippen molar-refractivity contribution in [3.05, 3.63) is 46.8 Å². The fourth-order valence-electron chi connectivity index (χ4n) is 2.66. The number of carbonyl (C=O) groups excluding carboxylic acids is 3. The van der Waals surface area contributed by atoms with E-state index in [1.165, 1.54) is 0 Å². The quantitative estimate of drug-likeness (QED) is 0.865. The molecule has 7 heteroatoms. The van der Waals surface area contributed by atoms with Gasteiger partial charge in [-0.05, 0) is 26.0 Å². The van der Waals surface area contributed by atoms with Gasteiger partial charge >= 0.3 is 0 Å². The van der Waals surface area contributed by atoms with Gasteiger partial charge in [0, 0.05) is 7.05 Å². The third-order valence-electron chi connectivity index (χ3n) is 3.95. The minimum atomic E-state index is -0.444. The predicted octanol–water partition coefficient (Wildman–Crippen LogP) is 1.27. The second-order valence-electron chi connectivity index (χ2n) is 5.46. The predicted molar refractivity (Wildman–Crippen MR) is 83.1 cm³/mol. The van der Waals surface area contributed by atoms with Crippen molar-refractivity contribution in [2.75, 3.05) is 11.9 Å². The molecule has 0 saturated carbocycles. The van der Waals surface area contributed by atoms with Gasteiger partial charge in [0.1, 0.15) is 6.54 Å². The summed E-state index contributed by atoms with van der Waals surface area (Å²) in [5.41, 5.74) is 2.76. The van der Waals surface area contributed by atoms with E-state index in [2.05, 4.69) is 10.4 Å². The van der Waals surface area contributed by atoms with Crippen molar-refractivity contribution in [3.8, 4) is 0 Å². The van der Waals surface area contributed by atoms with Gasteiger partial charge in [0.2, 0.25) is 5.91 Å². The molecule has 3 amide bonds. The SMILES string of the molecule is Cc1nn(C)c(C)c1NC(=O)CN1C(=O)c2ccccc2C1=O. The molecule has 0 radical (unpaired) electrons. The molecule has 0 aliphatic carbocycles. The fourth-order valence-corrected chi connectivity index (χ4v) is 2.66. The summed E-state index contributed by atoms with van der Waals surface area (Å²) in [7, 11) is 1.78. The molecule has 0 unspecified atom stereocenters. The van der Waals surface area contributed by atoms with Crippen molar-refractivity contribution in [3.63, 3.8) is 0 Å². The molecule has 0 spiro atoms. The Morgan fingerprint density at radius 3 is 2.17 bits per heavy atom. The van der Waals surface area contributed by atoms with Crippen LogP contribution in [0.1, 0.15) is 32.1 Å². The molecule has 0 bridgehead atoms. The van der Waals surface area contributed by atoms with Crippen molar-refractivity contribution in [1.29, 1.82) is 0 Å². The van der Waals surface area contributed by atoms with Crippen LogP contribution in [0.3, 0.4) is 0 Å². The van der Waals surface area contributed by atoms with Gasteiger partial charge in [-0.3, -0.25) is 24.0 Å². The molecule has 0 fully saturated rings. The minimum absolute atomic E-state index is 0.319. The van der Waals surface area contributed by atoms with Crippen LogP contribution in [0, 0.1) is 13.8 Å². The van der Waals surface area contributed by atoms with Crippen LogP contribution in [-0.2, 0) is 11.8 Å². The zero-order valence-corrected chi connectivity index (χ0v) is 13.1. The zero-order valence-electron chi connectivity index (χ0n) is 13.1. The molecule has 7 nitrogen and oxygen atoms in total. The van der Waals surface area contributed by atoms with Crippen molar-refractivity contribution < 1.29 is 14.4 Å². The normalized spacial score (nSPS) is 13.4. The molecule has 0 saturated heterocycles. The van der Waals surface area contributed by atoms with Crippen LogP contribution in [0.25, 0.3) is 0 Å². The van der Waals surface area contributed by atoms with Gasteiger partial charge in [-0.15, -0.1) is 0 Å². The summed E-state index contributed by atoms with van der Waals surface area (Å²) >= 11 is 0. The smallest absolute Gasteiger partial charge is 0.262 e. The molecule has 0 atom stereocenters. The number of aryl methyl sites for hydroxylation is 2. The number of rotatable bonds is 3. The molecule has 1 aliphatic rings. The number of hydrogen-bond donors (Lipinski definition) is 1. The molecule has 1 aliphatic heterocycles. The van der Waals surface area contributed by atoms with E-state index in [1.807, 2.05) is 6.92 Å². The number of nitrogens with one attached hydrogen (secondary N) is 1. The average Bonchev–Trinajstić information content (AvgIpc) is 2.90. The number of anilines is 1. The lowest BCUT2D eigenvalue weighted by Gasteiger charge is -2.13. The summed E-state index contributed by atoms with van der Waals surface area (Å²) in [6.45, 7) is 3.29. The molecule has 3 rings (SSSR count). The molecule has 23 heavy (non-hydrogen) atoms. The first-order valence-corrected chi connectivity index (χ1v) is 7.15. The van der Waals surface area contributed by atoms with E-state index >= 15 is 0 Å². The van der Waals surface area contributed by atoms with Crippen LogP contribution < -0.4 is 5.32 Å². The number of hydrogen-bond acceptors (Lipinski definition) is 4. The first-order chi connectivity index (χ1) is 10.9. The van der Waals surface area contributed by atoms with E-state index in [0.29, 0.717) is 22.5 Å². The highest BCUT2D eigenvalue weighted by atomic mass is 16.2.